The number of amides is 2. The van der Waals surface area contributed by atoms with E-state index in [1.807, 2.05) is 30.3 Å². The van der Waals surface area contributed by atoms with E-state index in [4.69, 9.17) is 0 Å². The Kier molecular flexibility index (Phi) is 5.17. The molecule has 0 atom stereocenters. The molecular formula is C23H23BrN2O4S. The smallest absolute Gasteiger partial charge is 0.230 e. The Bertz CT molecular complexity index is 1190. The number of benzene rings is 2. The molecule has 0 aromatic heterocycles. The number of sulfone groups is 1. The molecule has 0 N–H and O–H groups in total. The molecule has 6 nitrogen and oxygen atoms in total. The predicted octanol–water partition coefficient (Wildman–Crippen LogP) is 3.50. The van der Waals surface area contributed by atoms with Gasteiger partial charge in [-0.3, -0.25) is 9.59 Å². The van der Waals surface area contributed by atoms with E-state index in [0.29, 0.717) is 29.7 Å². The van der Waals surface area contributed by atoms with Crippen LogP contribution in [0.3, 0.4) is 0 Å². The maximum atomic E-state index is 13.3. The molecule has 0 radical (unpaired) electrons. The summed E-state index contributed by atoms with van der Waals surface area (Å²) in [6, 6.07) is 11.2. The van der Waals surface area contributed by atoms with Crippen LogP contribution in [0.1, 0.15) is 30.4 Å². The van der Waals surface area contributed by atoms with Crippen molar-refractivity contribution in [3.8, 4) is 0 Å². The standard InChI is InChI=1S/C23H23BrN2O4S/c24-18-13-17-8-11-26(23(28)16-5-6-16)22(17)20(14-18)31(29,30)12-9-21(27)25-10-7-15-3-1-2-4-19(15)25/h1-4,13-14,16H,5-12H2. The summed E-state index contributed by atoms with van der Waals surface area (Å²) in [7, 11) is -3.75. The maximum Gasteiger partial charge on any atom is 0.230 e. The van der Waals surface area contributed by atoms with Crippen molar-refractivity contribution in [1.82, 2.24) is 0 Å². The molecule has 2 aromatic carbocycles. The molecule has 5 rings (SSSR count). The summed E-state index contributed by atoms with van der Waals surface area (Å²) < 4.78 is 27.3. The summed E-state index contributed by atoms with van der Waals surface area (Å²) in [6.45, 7) is 1.08. The molecule has 1 saturated carbocycles. The van der Waals surface area contributed by atoms with Crippen molar-refractivity contribution in [3.05, 3.63) is 52.0 Å². The summed E-state index contributed by atoms with van der Waals surface area (Å²) in [5, 5.41) is 0. The van der Waals surface area contributed by atoms with Crippen LogP contribution in [0.25, 0.3) is 0 Å². The van der Waals surface area contributed by atoms with Crippen LogP contribution in [-0.4, -0.2) is 39.1 Å². The third kappa shape index (κ3) is 3.80. The molecule has 0 unspecified atom stereocenters. The zero-order chi connectivity index (χ0) is 21.8. The molecule has 2 heterocycles. The minimum Gasteiger partial charge on any atom is -0.312 e. The van der Waals surface area contributed by atoms with Gasteiger partial charge in [-0.1, -0.05) is 34.1 Å². The largest absolute Gasteiger partial charge is 0.312 e. The first-order valence-corrected chi connectivity index (χ1v) is 13.0. The van der Waals surface area contributed by atoms with Gasteiger partial charge in [0.05, 0.1) is 16.3 Å². The number of hydrogen-bond donors (Lipinski definition) is 0. The highest BCUT2D eigenvalue weighted by molar-refractivity contribution is 9.10. The van der Waals surface area contributed by atoms with Gasteiger partial charge in [0.25, 0.3) is 0 Å². The SMILES string of the molecule is O=C(CCS(=O)(=O)c1cc(Br)cc2c1N(C(=O)C1CC1)CC2)N1CCc2ccccc21. The summed E-state index contributed by atoms with van der Waals surface area (Å²) in [6.07, 6.45) is 3.07. The van der Waals surface area contributed by atoms with Crippen molar-refractivity contribution in [2.45, 2.75) is 37.0 Å². The Morgan fingerprint density at radius 3 is 2.48 bits per heavy atom. The summed E-state index contributed by atoms with van der Waals surface area (Å²) in [5.41, 5.74) is 3.35. The molecule has 2 aliphatic heterocycles. The number of nitrogens with zero attached hydrogens (tertiary/aromatic N) is 2. The number of anilines is 2. The van der Waals surface area contributed by atoms with Gasteiger partial charge in [0.2, 0.25) is 11.8 Å². The first-order valence-electron chi connectivity index (χ1n) is 10.6. The monoisotopic (exact) mass is 502 g/mol. The van der Waals surface area contributed by atoms with Crippen LogP contribution in [0.15, 0.2) is 45.8 Å². The van der Waals surface area contributed by atoms with Crippen LogP contribution < -0.4 is 9.80 Å². The van der Waals surface area contributed by atoms with E-state index in [0.717, 1.165) is 36.1 Å². The van der Waals surface area contributed by atoms with Crippen molar-refractivity contribution >= 4 is 49.0 Å². The summed E-state index contributed by atoms with van der Waals surface area (Å²) in [5.74, 6) is -0.436. The van der Waals surface area contributed by atoms with E-state index >= 15 is 0 Å². The first kappa shape index (κ1) is 20.7. The average molecular weight is 503 g/mol. The van der Waals surface area contributed by atoms with Gasteiger partial charge in [0, 0.05) is 35.6 Å². The van der Waals surface area contributed by atoms with Gasteiger partial charge in [-0.2, -0.15) is 0 Å². The molecule has 162 valence electrons. The van der Waals surface area contributed by atoms with Gasteiger partial charge < -0.3 is 9.80 Å². The van der Waals surface area contributed by atoms with Crippen LogP contribution in [0, 0.1) is 5.92 Å². The lowest BCUT2D eigenvalue weighted by Gasteiger charge is -2.21. The number of carbonyl (C=O) groups excluding carboxylic acids is 2. The lowest BCUT2D eigenvalue weighted by molar-refractivity contribution is -0.120. The zero-order valence-corrected chi connectivity index (χ0v) is 19.4. The van der Waals surface area contributed by atoms with Crippen molar-refractivity contribution < 1.29 is 18.0 Å². The normalized spacial score (nSPS) is 17.6. The molecule has 0 spiro atoms. The van der Waals surface area contributed by atoms with Gasteiger partial charge in [0.15, 0.2) is 9.84 Å². The Labute approximate surface area is 190 Å². The van der Waals surface area contributed by atoms with Crippen LogP contribution in [0.5, 0.6) is 0 Å². The highest BCUT2D eigenvalue weighted by atomic mass is 79.9. The van der Waals surface area contributed by atoms with Gasteiger partial charge in [0.1, 0.15) is 0 Å². The van der Waals surface area contributed by atoms with Gasteiger partial charge >= 0.3 is 0 Å². The fraction of sp³-hybridized carbons (Fsp3) is 0.391. The minimum atomic E-state index is -3.75. The fourth-order valence-corrected chi connectivity index (χ4v) is 6.70. The molecule has 31 heavy (non-hydrogen) atoms. The van der Waals surface area contributed by atoms with Crippen LogP contribution in [0.4, 0.5) is 11.4 Å². The number of hydrogen-bond acceptors (Lipinski definition) is 4. The van der Waals surface area contributed by atoms with Crippen LogP contribution in [0.2, 0.25) is 0 Å². The molecule has 2 amide bonds. The number of para-hydroxylation sites is 1. The molecule has 1 fully saturated rings. The van der Waals surface area contributed by atoms with Crippen molar-refractivity contribution in [2.75, 3.05) is 28.6 Å². The highest BCUT2D eigenvalue weighted by Crippen LogP contribution is 2.41. The van der Waals surface area contributed by atoms with E-state index in [2.05, 4.69) is 15.9 Å². The van der Waals surface area contributed by atoms with Crippen molar-refractivity contribution in [2.24, 2.45) is 5.92 Å². The lowest BCUT2D eigenvalue weighted by atomic mass is 10.2. The molecule has 8 heteroatoms. The summed E-state index contributed by atoms with van der Waals surface area (Å²) in [4.78, 5) is 29.1. The Morgan fingerprint density at radius 1 is 1.00 bits per heavy atom. The second-order valence-corrected chi connectivity index (χ2v) is 11.4. The van der Waals surface area contributed by atoms with Crippen LogP contribution in [-0.2, 0) is 32.3 Å². The molecular weight excluding hydrogens is 480 g/mol. The number of rotatable bonds is 5. The fourth-order valence-electron chi connectivity index (χ4n) is 4.54. The maximum absolute atomic E-state index is 13.3. The van der Waals surface area contributed by atoms with E-state index in [9.17, 15) is 18.0 Å². The topological polar surface area (TPSA) is 74.8 Å². The van der Waals surface area contributed by atoms with Gasteiger partial charge in [-0.05, 0) is 55.0 Å². The molecule has 1 aliphatic carbocycles. The highest BCUT2D eigenvalue weighted by Gasteiger charge is 2.39. The van der Waals surface area contributed by atoms with Gasteiger partial charge in [-0.25, -0.2) is 8.42 Å². The Morgan fingerprint density at radius 2 is 1.71 bits per heavy atom. The van der Waals surface area contributed by atoms with Crippen LogP contribution >= 0.6 is 15.9 Å². The van der Waals surface area contributed by atoms with E-state index in [1.165, 1.54) is 0 Å². The first-order chi connectivity index (χ1) is 14.8. The van der Waals surface area contributed by atoms with E-state index < -0.39 is 9.84 Å². The second kappa shape index (κ2) is 7.74. The van der Waals surface area contributed by atoms with Crippen molar-refractivity contribution in [1.29, 1.82) is 0 Å². The molecule has 3 aliphatic rings. The molecule has 0 saturated heterocycles. The molecule has 0 bridgehead atoms. The Balaban J connectivity index is 1.39. The van der Waals surface area contributed by atoms with E-state index in [1.54, 1.807) is 15.9 Å². The lowest BCUT2D eigenvalue weighted by Crippen LogP contribution is -2.32. The third-order valence-electron chi connectivity index (χ3n) is 6.29. The second-order valence-electron chi connectivity index (χ2n) is 8.42. The number of halogens is 1. The zero-order valence-electron chi connectivity index (χ0n) is 17.0. The number of fused-ring (bicyclic) bond motifs is 2. The summed E-state index contributed by atoms with van der Waals surface area (Å²) >= 11 is 3.42. The minimum absolute atomic E-state index is 0.0157. The average Bonchev–Trinajstić information content (AvgIpc) is 3.38. The number of carbonyl (C=O) groups is 2. The van der Waals surface area contributed by atoms with E-state index in [-0.39, 0.29) is 34.8 Å². The van der Waals surface area contributed by atoms with Crippen molar-refractivity contribution in [3.63, 3.8) is 0 Å². The van der Waals surface area contributed by atoms with Gasteiger partial charge in [-0.15, -0.1) is 0 Å². The third-order valence-corrected chi connectivity index (χ3v) is 8.47. The molecule has 2 aromatic rings. The Hall–Kier alpha value is -2.19. The quantitative estimate of drug-likeness (QED) is 0.626. The predicted molar refractivity (Wildman–Crippen MR) is 122 cm³/mol.